The second-order valence-corrected chi connectivity index (χ2v) is 6.22. The van der Waals surface area contributed by atoms with Crippen molar-refractivity contribution < 1.29 is 24.5 Å². The number of ether oxygens (including phenoxy) is 2. The summed E-state index contributed by atoms with van der Waals surface area (Å²) >= 11 is 1.34. The molecule has 2 aromatic rings. The predicted molar refractivity (Wildman–Crippen MR) is 86.4 cm³/mol. The molecule has 0 fully saturated rings. The van der Waals surface area contributed by atoms with Gasteiger partial charge in [0.15, 0.2) is 11.5 Å². The third-order valence-electron chi connectivity index (χ3n) is 3.46. The van der Waals surface area contributed by atoms with E-state index < -0.39 is 12.1 Å². The van der Waals surface area contributed by atoms with Crippen molar-refractivity contribution in [2.24, 2.45) is 0 Å². The largest absolute Gasteiger partial charge is 0.478 e. The van der Waals surface area contributed by atoms with Crippen LogP contribution in [0.4, 0.5) is 0 Å². The molecule has 0 saturated heterocycles. The molecule has 0 amide bonds. The first kappa shape index (κ1) is 15.7. The maximum Gasteiger partial charge on any atom is 0.336 e. The van der Waals surface area contributed by atoms with Gasteiger partial charge in [-0.15, -0.1) is 11.8 Å². The minimum Gasteiger partial charge on any atom is -0.478 e. The van der Waals surface area contributed by atoms with Crippen LogP contribution in [0.1, 0.15) is 15.9 Å². The van der Waals surface area contributed by atoms with Crippen LogP contribution in [0.3, 0.4) is 0 Å². The van der Waals surface area contributed by atoms with E-state index in [0.717, 1.165) is 5.56 Å². The number of hydrogen-bond acceptors (Lipinski definition) is 5. The zero-order valence-corrected chi connectivity index (χ0v) is 13.1. The van der Waals surface area contributed by atoms with Crippen LogP contribution < -0.4 is 9.47 Å². The fourth-order valence-corrected chi connectivity index (χ4v) is 3.33. The average molecular weight is 332 g/mol. The Morgan fingerprint density at radius 1 is 1.17 bits per heavy atom. The van der Waals surface area contributed by atoms with E-state index in [4.69, 9.17) is 14.6 Å². The maximum atomic E-state index is 11.2. The van der Waals surface area contributed by atoms with Gasteiger partial charge in [-0.25, -0.2) is 4.79 Å². The molecular weight excluding hydrogens is 316 g/mol. The van der Waals surface area contributed by atoms with Crippen molar-refractivity contribution in [3.05, 3.63) is 53.6 Å². The number of hydrogen-bond donors (Lipinski definition) is 2. The zero-order chi connectivity index (χ0) is 16.2. The van der Waals surface area contributed by atoms with Gasteiger partial charge < -0.3 is 19.7 Å². The molecule has 6 heteroatoms. The molecule has 120 valence electrons. The van der Waals surface area contributed by atoms with Crippen molar-refractivity contribution in [1.82, 2.24) is 0 Å². The van der Waals surface area contributed by atoms with Gasteiger partial charge in [-0.05, 0) is 36.2 Å². The smallest absolute Gasteiger partial charge is 0.336 e. The molecule has 1 atom stereocenters. The summed E-state index contributed by atoms with van der Waals surface area (Å²) in [6.45, 7) is 0.225. The molecule has 0 radical (unpaired) electrons. The number of carbonyl (C=O) groups is 1. The molecule has 0 bridgehead atoms. The average Bonchev–Trinajstić information content (AvgIpc) is 3.00. The van der Waals surface area contributed by atoms with Gasteiger partial charge in [0.05, 0.1) is 11.7 Å². The van der Waals surface area contributed by atoms with Gasteiger partial charge in [-0.2, -0.15) is 0 Å². The molecule has 0 aliphatic carbocycles. The van der Waals surface area contributed by atoms with E-state index in [9.17, 15) is 9.90 Å². The fourth-order valence-electron chi connectivity index (χ4n) is 2.35. The van der Waals surface area contributed by atoms with Crippen molar-refractivity contribution in [1.29, 1.82) is 0 Å². The van der Waals surface area contributed by atoms with E-state index in [1.807, 2.05) is 18.2 Å². The van der Waals surface area contributed by atoms with Gasteiger partial charge in [0.2, 0.25) is 6.79 Å². The number of aromatic carboxylic acids is 1. The lowest BCUT2D eigenvalue weighted by molar-refractivity contribution is 0.0693. The minimum absolute atomic E-state index is 0.225. The summed E-state index contributed by atoms with van der Waals surface area (Å²) in [5, 5.41) is 19.4. The Morgan fingerprint density at radius 2 is 1.96 bits per heavy atom. The zero-order valence-electron chi connectivity index (χ0n) is 12.3. The van der Waals surface area contributed by atoms with Crippen LogP contribution in [0, 0.1) is 0 Å². The summed E-state index contributed by atoms with van der Waals surface area (Å²) < 4.78 is 10.6. The lowest BCUT2D eigenvalue weighted by Crippen LogP contribution is -2.14. The molecule has 2 N–H and O–H groups in total. The monoisotopic (exact) mass is 332 g/mol. The minimum atomic E-state index is -0.960. The standard InChI is InChI=1S/C17H16O5S/c18-12(7-11-5-6-14-15(8-11)22-10-21-14)9-23-16-4-2-1-3-13(16)17(19)20/h1-6,8,12,18H,7,9-10H2,(H,19,20). The van der Waals surface area contributed by atoms with Gasteiger partial charge in [0, 0.05) is 10.6 Å². The summed E-state index contributed by atoms with van der Waals surface area (Å²) in [5.74, 6) is 0.864. The number of carboxylic acids is 1. The number of rotatable bonds is 6. The van der Waals surface area contributed by atoms with Crippen molar-refractivity contribution in [3.63, 3.8) is 0 Å². The van der Waals surface area contributed by atoms with E-state index in [-0.39, 0.29) is 12.4 Å². The van der Waals surface area contributed by atoms with Gasteiger partial charge in [-0.3, -0.25) is 0 Å². The molecular formula is C17H16O5S. The molecule has 1 aliphatic rings. The van der Waals surface area contributed by atoms with Crippen LogP contribution >= 0.6 is 11.8 Å². The molecule has 2 aromatic carbocycles. The second-order valence-electron chi connectivity index (χ2n) is 5.16. The number of aliphatic hydroxyl groups excluding tert-OH is 1. The molecule has 0 aromatic heterocycles. The van der Waals surface area contributed by atoms with Crippen LogP contribution in [0.2, 0.25) is 0 Å². The number of thioether (sulfide) groups is 1. The van der Waals surface area contributed by atoms with Crippen LogP contribution in [-0.4, -0.2) is 34.8 Å². The van der Waals surface area contributed by atoms with Crippen LogP contribution in [0.25, 0.3) is 0 Å². The van der Waals surface area contributed by atoms with Crippen molar-refractivity contribution >= 4 is 17.7 Å². The van der Waals surface area contributed by atoms with Gasteiger partial charge in [0.25, 0.3) is 0 Å². The first-order valence-electron chi connectivity index (χ1n) is 7.15. The normalized spacial score (nSPS) is 13.8. The quantitative estimate of drug-likeness (QED) is 0.792. The van der Waals surface area contributed by atoms with Gasteiger partial charge in [0.1, 0.15) is 0 Å². The molecule has 1 aliphatic heterocycles. The van der Waals surface area contributed by atoms with Crippen molar-refractivity contribution in [2.75, 3.05) is 12.5 Å². The summed E-state index contributed by atoms with van der Waals surface area (Å²) in [6.07, 6.45) is -0.110. The second kappa shape index (κ2) is 6.93. The summed E-state index contributed by atoms with van der Waals surface area (Å²) in [7, 11) is 0. The van der Waals surface area contributed by atoms with Crippen LogP contribution in [0.5, 0.6) is 11.5 Å². The molecule has 23 heavy (non-hydrogen) atoms. The highest BCUT2D eigenvalue weighted by Gasteiger charge is 2.16. The summed E-state index contributed by atoms with van der Waals surface area (Å²) in [4.78, 5) is 11.8. The summed E-state index contributed by atoms with van der Waals surface area (Å²) in [6, 6.07) is 12.4. The Labute approximate surface area is 137 Å². The maximum absolute atomic E-state index is 11.2. The number of fused-ring (bicyclic) bond motifs is 1. The molecule has 1 heterocycles. The Bertz CT molecular complexity index is 716. The Morgan fingerprint density at radius 3 is 2.78 bits per heavy atom. The number of aliphatic hydroxyl groups is 1. The van der Waals surface area contributed by atoms with E-state index in [1.165, 1.54) is 11.8 Å². The van der Waals surface area contributed by atoms with Crippen molar-refractivity contribution in [2.45, 2.75) is 17.4 Å². The summed E-state index contributed by atoms with van der Waals surface area (Å²) in [5.41, 5.74) is 1.21. The Balaban J connectivity index is 1.60. The highest BCUT2D eigenvalue weighted by molar-refractivity contribution is 7.99. The third kappa shape index (κ3) is 3.78. The molecule has 1 unspecified atom stereocenters. The lowest BCUT2D eigenvalue weighted by Gasteiger charge is -2.12. The topological polar surface area (TPSA) is 76.0 Å². The SMILES string of the molecule is O=C(O)c1ccccc1SCC(O)Cc1ccc2c(c1)OCO2. The number of carboxylic acid groups (broad SMARTS) is 1. The van der Waals surface area contributed by atoms with Crippen LogP contribution in [0.15, 0.2) is 47.4 Å². The van der Waals surface area contributed by atoms with E-state index in [2.05, 4.69) is 0 Å². The van der Waals surface area contributed by atoms with Gasteiger partial charge >= 0.3 is 5.97 Å². The molecule has 5 nitrogen and oxygen atoms in total. The Kier molecular flexibility index (Phi) is 4.73. The highest BCUT2D eigenvalue weighted by atomic mass is 32.2. The van der Waals surface area contributed by atoms with E-state index >= 15 is 0 Å². The molecule has 0 saturated carbocycles. The van der Waals surface area contributed by atoms with E-state index in [0.29, 0.717) is 28.6 Å². The van der Waals surface area contributed by atoms with Gasteiger partial charge in [-0.1, -0.05) is 18.2 Å². The first-order valence-corrected chi connectivity index (χ1v) is 8.14. The highest BCUT2D eigenvalue weighted by Crippen LogP contribution is 2.33. The Hall–Kier alpha value is -2.18. The number of benzene rings is 2. The van der Waals surface area contributed by atoms with Crippen molar-refractivity contribution in [3.8, 4) is 11.5 Å². The molecule has 3 rings (SSSR count). The lowest BCUT2D eigenvalue weighted by atomic mass is 10.1. The fraction of sp³-hybridized carbons (Fsp3) is 0.235. The predicted octanol–water partition coefficient (Wildman–Crippen LogP) is 2.81. The third-order valence-corrected chi connectivity index (χ3v) is 4.68. The van der Waals surface area contributed by atoms with Crippen LogP contribution in [-0.2, 0) is 6.42 Å². The van der Waals surface area contributed by atoms with E-state index in [1.54, 1.807) is 24.3 Å². The first-order chi connectivity index (χ1) is 11.1. The molecule has 0 spiro atoms.